The van der Waals surface area contributed by atoms with E-state index in [9.17, 15) is 18.0 Å². The van der Waals surface area contributed by atoms with Crippen LogP contribution in [0.1, 0.15) is 44.3 Å². The van der Waals surface area contributed by atoms with Crippen LogP contribution < -0.4 is 0 Å². The Kier molecular flexibility index (Phi) is 6.74. The molecular weight excluding hydrogens is 362 g/mol. The number of amides is 1. The molecule has 1 amide bonds. The van der Waals surface area contributed by atoms with Crippen molar-refractivity contribution in [3.63, 3.8) is 0 Å². The Morgan fingerprint density at radius 3 is 2.31 bits per heavy atom. The molecule has 1 fully saturated rings. The molecule has 2 N–H and O–H groups in total. The van der Waals surface area contributed by atoms with E-state index in [4.69, 9.17) is 13.8 Å². The van der Waals surface area contributed by atoms with E-state index >= 15 is 0 Å². The Morgan fingerprint density at radius 2 is 1.81 bits per heavy atom. The number of nitrogens with zero attached hydrogens (tertiary/aromatic N) is 1. The number of rotatable bonds is 8. The lowest BCUT2D eigenvalue weighted by molar-refractivity contribution is -0.149. The first-order chi connectivity index (χ1) is 12.2. The molecule has 0 saturated heterocycles. The molecule has 26 heavy (non-hydrogen) atoms. The molecule has 144 valence electrons. The van der Waals surface area contributed by atoms with Crippen LogP contribution in [0.2, 0.25) is 0 Å². The van der Waals surface area contributed by atoms with E-state index in [0.29, 0.717) is 18.4 Å². The third-order valence-corrected chi connectivity index (χ3v) is 5.00. The molecule has 1 aromatic carbocycles. The fourth-order valence-corrected chi connectivity index (χ4v) is 3.88. The minimum atomic E-state index is -4.80. The summed E-state index contributed by atoms with van der Waals surface area (Å²) in [6.07, 6.45) is 1.98. The van der Waals surface area contributed by atoms with E-state index < -0.39 is 40.8 Å². The Labute approximate surface area is 152 Å². The smallest absolute Gasteiger partial charge is 0.397 e. The number of carboxylic acid groups (broad SMARTS) is 1. The predicted octanol–water partition coefficient (Wildman–Crippen LogP) is 2.04. The zero-order valence-electron chi connectivity index (χ0n) is 14.4. The summed E-state index contributed by atoms with van der Waals surface area (Å²) < 4.78 is 36.4. The standard InChI is InChI=1S/C17H23NO7S/c1-12(16(25-26(22,23)24)13-7-3-2-4-8-13)17(21)18(11-15(19)20)14-9-5-6-10-14/h2-4,7-8,12,14,16H,5-6,9-11H2,1H3,(H,19,20)(H,22,23,24). The number of carboxylic acids is 1. The van der Waals surface area contributed by atoms with Gasteiger partial charge in [-0.15, -0.1) is 0 Å². The lowest BCUT2D eigenvalue weighted by atomic mass is 9.95. The molecule has 1 saturated carbocycles. The van der Waals surface area contributed by atoms with E-state index in [1.54, 1.807) is 30.3 Å². The normalized spacial score (nSPS) is 17.6. The largest absolute Gasteiger partial charge is 0.480 e. The van der Waals surface area contributed by atoms with Gasteiger partial charge in [0.1, 0.15) is 12.6 Å². The molecule has 1 aliphatic carbocycles. The highest BCUT2D eigenvalue weighted by Gasteiger charge is 2.37. The van der Waals surface area contributed by atoms with E-state index in [-0.39, 0.29) is 6.04 Å². The van der Waals surface area contributed by atoms with Crippen molar-refractivity contribution in [2.75, 3.05) is 6.54 Å². The summed E-state index contributed by atoms with van der Waals surface area (Å²) in [6.45, 7) is 1.01. The molecule has 0 aromatic heterocycles. The van der Waals surface area contributed by atoms with Crippen molar-refractivity contribution in [1.82, 2.24) is 4.90 Å². The fourth-order valence-electron chi connectivity index (χ4n) is 3.34. The van der Waals surface area contributed by atoms with Crippen molar-refractivity contribution in [1.29, 1.82) is 0 Å². The highest BCUT2D eigenvalue weighted by molar-refractivity contribution is 7.80. The molecule has 0 heterocycles. The molecular formula is C17H23NO7S. The van der Waals surface area contributed by atoms with Crippen LogP contribution in [0.5, 0.6) is 0 Å². The van der Waals surface area contributed by atoms with E-state index in [0.717, 1.165) is 12.8 Å². The summed E-state index contributed by atoms with van der Waals surface area (Å²) in [5.74, 6) is -2.65. The number of aliphatic carboxylic acids is 1. The van der Waals surface area contributed by atoms with Gasteiger partial charge in [-0.1, -0.05) is 50.1 Å². The van der Waals surface area contributed by atoms with Crippen LogP contribution in [0, 0.1) is 5.92 Å². The lowest BCUT2D eigenvalue weighted by Crippen LogP contribution is -2.46. The molecule has 2 rings (SSSR count). The quantitative estimate of drug-likeness (QED) is 0.657. The molecule has 0 aliphatic heterocycles. The first-order valence-electron chi connectivity index (χ1n) is 8.42. The van der Waals surface area contributed by atoms with Gasteiger partial charge in [0.15, 0.2) is 0 Å². The van der Waals surface area contributed by atoms with Crippen molar-refractivity contribution in [3.05, 3.63) is 35.9 Å². The van der Waals surface area contributed by atoms with Gasteiger partial charge in [0.2, 0.25) is 5.91 Å². The number of carbonyl (C=O) groups excluding carboxylic acids is 1. The van der Waals surface area contributed by atoms with Gasteiger partial charge in [-0.2, -0.15) is 8.42 Å². The minimum absolute atomic E-state index is 0.191. The molecule has 1 aromatic rings. The molecule has 0 spiro atoms. The number of benzene rings is 1. The van der Waals surface area contributed by atoms with E-state index in [1.165, 1.54) is 11.8 Å². The fraction of sp³-hybridized carbons (Fsp3) is 0.529. The molecule has 1 aliphatic rings. The summed E-state index contributed by atoms with van der Waals surface area (Å²) in [5.41, 5.74) is 0.396. The van der Waals surface area contributed by atoms with Crippen LogP contribution in [0.4, 0.5) is 0 Å². The summed E-state index contributed by atoms with van der Waals surface area (Å²) >= 11 is 0. The third kappa shape index (κ3) is 5.52. The van der Waals surface area contributed by atoms with Crippen LogP contribution in [0.15, 0.2) is 30.3 Å². The van der Waals surface area contributed by atoms with Gasteiger partial charge in [-0.05, 0) is 18.4 Å². The maximum absolute atomic E-state index is 13.0. The number of hydrogen-bond donors (Lipinski definition) is 2. The second-order valence-electron chi connectivity index (χ2n) is 6.44. The number of hydrogen-bond acceptors (Lipinski definition) is 5. The maximum Gasteiger partial charge on any atom is 0.397 e. The summed E-state index contributed by atoms with van der Waals surface area (Å²) in [7, 11) is -4.80. The predicted molar refractivity (Wildman–Crippen MR) is 92.6 cm³/mol. The van der Waals surface area contributed by atoms with Gasteiger partial charge < -0.3 is 10.0 Å². The van der Waals surface area contributed by atoms with Gasteiger partial charge >= 0.3 is 16.4 Å². The van der Waals surface area contributed by atoms with Crippen LogP contribution >= 0.6 is 0 Å². The average molecular weight is 385 g/mol. The molecule has 9 heteroatoms. The molecule has 0 bridgehead atoms. The van der Waals surface area contributed by atoms with E-state index in [2.05, 4.69) is 0 Å². The molecule has 0 radical (unpaired) electrons. The summed E-state index contributed by atoms with van der Waals surface area (Å²) in [5, 5.41) is 9.16. The van der Waals surface area contributed by atoms with Crippen molar-refractivity contribution in [2.45, 2.75) is 44.8 Å². The van der Waals surface area contributed by atoms with Crippen LogP contribution in [0.3, 0.4) is 0 Å². The second kappa shape index (κ2) is 8.61. The van der Waals surface area contributed by atoms with Crippen molar-refractivity contribution < 1.29 is 31.8 Å². The van der Waals surface area contributed by atoms with Crippen molar-refractivity contribution >= 4 is 22.3 Å². The lowest BCUT2D eigenvalue weighted by Gasteiger charge is -2.32. The number of carbonyl (C=O) groups is 2. The Bertz CT molecular complexity index is 729. The summed E-state index contributed by atoms with van der Waals surface area (Å²) in [6, 6.07) is 7.99. The van der Waals surface area contributed by atoms with Crippen LogP contribution in [-0.4, -0.2) is 47.4 Å². The van der Waals surface area contributed by atoms with Crippen LogP contribution in [-0.2, 0) is 24.2 Å². The average Bonchev–Trinajstić information content (AvgIpc) is 3.10. The SMILES string of the molecule is CC(C(=O)N(CC(=O)O)C1CCCC1)C(OS(=O)(=O)O)c1ccccc1. The molecule has 2 atom stereocenters. The second-order valence-corrected chi connectivity index (χ2v) is 7.49. The highest BCUT2D eigenvalue weighted by Crippen LogP contribution is 2.31. The first kappa shape index (κ1) is 20.3. The Morgan fingerprint density at radius 1 is 1.23 bits per heavy atom. The first-order valence-corrected chi connectivity index (χ1v) is 9.78. The zero-order chi connectivity index (χ0) is 19.3. The van der Waals surface area contributed by atoms with Crippen molar-refractivity contribution in [3.8, 4) is 0 Å². The van der Waals surface area contributed by atoms with E-state index in [1.807, 2.05) is 0 Å². The third-order valence-electron chi connectivity index (χ3n) is 4.55. The Balaban J connectivity index is 2.30. The van der Waals surface area contributed by atoms with Crippen molar-refractivity contribution in [2.24, 2.45) is 5.92 Å². The maximum atomic E-state index is 13.0. The molecule has 2 unspecified atom stereocenters. The van der Waals surface area contributed by atoms with Gasteiger partial charge in [0.05, 0.1) is 5.92 Å². The van der Waals surface area contributed by atoms with Gasteiger partial charge in [-0.25, -0.2) is 4.18 Å². The molecule has 8 nitrogen and oxygen atoms in total. The topological polar surface area (TPSA) is 121 Å². The zero-order valence-corrected chi connectivity index (χ0v) is 15.3. The summed E-state index contributed by atoms with van der Waals surface area (Å²) in [4.78, 5) is 25.5. The van der Waals surface area contributed by atoms with Crippen LogP contribution in [0.25, 0.3) is 0 Å². The van der Waals surface area contributed by atoms with Gasteiger partial charge in [-0.3, -0.25) is 14.1 Å². The van der Waals surface area contributed by atoms with Gasteiger partial charge in [0.25, 0.3) is 0 Å². The monoisotopic (exact) mass is 385 g/mol. The van der Waals surface area contributed by atoms with Gasteiger partial charge in [0, 0.05) is 6.04 Å². The highest BCUT2D eigenvalue weighted by atomic mass is 32.3. The Hall–Kier alpha value is -1.97. The minimum Gasteiger partial charge on any atom is -0.480 e.